The third-order valence-corrected chi connectivity index (χ3v) is 2.85. The quantitative estimate of drug-likeness (QED) is 0.795. The van der Waals surface area contributed by atoms with Gasteiger partial charge in [-0.05, 0) is 17.7 Å². The molecule has 0 aliphatic carbocycles. The first-order chi connectivity index (χ1) is 8.24. The summed E-state index contributed by atoms with van der Waals surface area (Å²) < 4.78 is 14.8. The fourth-order valence-corrected chi connectivity index (χ4v) is 2.09. The number of aromatic nitrogens is 1. The van der Waals surface area contributed by atoms with Crippen LogP contribution in [-0.2, 0) is 6.54 Å². The van der Waals surface area contributed by atoms with Crippen LogP contribution in [0.2, 0.25) is 0 Å². The van der Waals surface area contributed by atoms with Gasteiger partial charge in [-0.1, -0.05) is 28.1 Å². The number of aryl methyl sites for hydroxylation is 1. The van der Waals surface area contributed by atoms with Crippen LogP contribution in [0, 0.1) is 17.1 Å². The molecule has 2 nitrogen and oxygen atoms in total. The number of nitriles is 1. The van der Waals surface area contributed by atoms with E-state index in [2.05, 4.69) is 22.0 Å². The Kier molecular flexibility index (Phi) is 3.60. The van der Waals surface area contributed by atoms with Crippen LogP contribution in [0.25, 0.3) is 11.1 Å². The van der Waals surface area contributed by atoms with Gasteiger partial charge in [0, 0.05) is 29.8 Å². The van der Waals surface area contributed by atoms with E-state index in [4.69, 9.17) is 5.26 Å². The number of nitrogens with zero attached hydrogens (tertiary/aromatic N) is 2. The zero-order chi connectivity index (χ0) is 12.3. The van der Waals surface area contributed by atoms with Gasteiger partial charge in [0.05, 0.1) is 5.56 Å². The molecule has 0 saturated carbocycles. The molecule has 0 aliphatic rings. The molecule has 4 heteroatoms. The summed E-state index contributed by atoms with van der Waals surface area (Å²) in [7, 11) is 0. The Morgan fingerprint density at radius 2 is 1.94 bits per heavy atom. The lowest BCUT2D eigenvalue weighted by atomic mass is 10.1. The van der Waals surface area contributed by atoms with Crippen molar-refractivity contribution >= 4 is 15.9 Å². The first kappa shape index (κ1) is 11.9. The van der Waals surface area contributed by atoms with Crippen LogP contribution in [0.15, 0.2) is 36.7 Å². The predicted octanol–water partition coefficient (Wildman–Crippen LogP) is 3.56. The number of hydrogen-bond acceptors (Lipinski definition) is 1. The average Bonchev–Trinajstić information content (AvgIpc) is 2.74. The molecular formula is C13H10BrFN2. The van der Waals surface area contributed by atoms with Gasteiger partial charge in [0.1, 0.15) is 11.9 Å². The second-order valence-corrected chi connectivity index (χ2v) is 4.42. The molecule has 0 spiro atoms. The zero-order valence-corrected chi connectivity index (χ0v) is 10.6. The minimum Gasteiger partial charge on any atom is -0.351 e. The van der Waals surface area contributed by atoms with E-state index in [0.717, 1.165) is 23.0 Å². The van der Waals surface area contributed by atoms with E-state index in [-0.39, 0.29) is 5.82 Å². The summed E-state index contributed by atoms with van der Waals surface area (Å²) in [5.41, 5.74) is 2.31. The molecule has 1 heterocycles. The molecule has 2 rings (SSSR count). The lowest BCUT2D eigenvalue weighted by molar-refractivity contribution is 0.628. The van der Waals surface area contributed by atoms with Crippen molar-refractivity contribution in [3.63, 3.8) is 0 Å². The summed E-state index contributed by atoms with van der Waals surface area (Å²) in [6, 6.07) is 8.33. The normalized spacial score (nSPS) is 10.2. The fraction of sp³-hybridized carbons (Fsp3) is 0.154. The smallest absolute Gasteiger partial charge is 0.123 e. The highest BCUT2D eigenvalue weighted by atomic mass is 79.9. The summed E-state index contributed by atoms with van der Waals surface area (Å²) in [5.74, 6) is -0.271. The van der Waals surface area contributed by atoms with Crippen LogP contribution in [0.5, 0.6) is 0 Å². The maximum absolute atomic E-state index is 12.8. The van der Waals surface area contributed by atoms with Gasteiger partial charge in [0.25, 0.3) is 0 Å². The molecule has 0 unspecified atom stereocenters. The Balaban J connectivity index is 2.44. The SMILES string of the molecule is N#Cc1cn(CCBr)cc1-c1ccc(F)cc1. The van der Waals surface area contributed by atoms with Crippen molar-refractivity contribution in [2.45, 2.75) is 6.54 Å². The monoisotopic (exact) mass is 292 g/mol. The fourth-order valence-electron chi connectivity index (χ4n) is 1.68. The molecule has 0 N–H and O–H groups in total. The van der Waals surface area contributed by atoms with Crippen molar-refractivity contribution in [2.24, 2.45) is 0 Å². The molecule has 0 atom stereocenters. The Morgan fingerprint density at radius 1 is 1.24 bits per heavy atom. The van der Waals surface area contributed by atoms with Crippen molar-refractivity contribution in [3.8, 4) is 17.2 Å². The van der Waals surface area contributed by atoms with E-state index < -0.39 is 0 Å². The van der Waals surface area contributed by atoms with Crippen LogP contribution in [0.3, 0.4) is 0 Å². The third kappa shape index (κ3) is 2.56. The molecule has 0 aliphatic heterocycles. The number of rotatable bonds is 3. The molecular weight excluding hydrogens is 283 g/mol. The van der Waals surface area contributed by atoms with Crippen molar-refractivity contribution in [1.29, 1.82) is 5.26 Å². The van der Waals surface area contributed by atoms with Gasteiger partial charge in [-0.3, -0.25) is 0 Å². The summed E-state index contributed by atoms with van der Waals surface area (Å²) >= 11 is 3.35. The summed E-state index contributed by atoms with van der Waals surface area (Å²) in [6.45, 7) is 0.801. The Morgan fingerprint density at radius 3 is 2.53 bits per heavy atom. The van der Waals surface area contributed by atoms with Crippen molar-refractivity contribution in [1.82, 2.24) is 4.57 Å². The van der Waals surface area contributed by atoms with Crippen molar-refractivity contribution in [3.05, 3.63) is 48.0 Å². The van der Waals surface area contributed by atoms with Crippen LogP contribution in [0.4, 0.5) is 4.39 Å². The third-order valence-electron chi connectivity index (χ3n) is 2.50. The topological polar surface area (TPSA) is 28.7 Å². The molecule has 0 saturated heterocycles. The van der Waals surface area contributed by atoms with Crippen LogP contribution in [0.1, 0.15) is 5.56 Å². The van der Waals surface area contributed by atoms with E-state index in [0.29, 0.717) is 5.56 Å². The van der Waals surface area contributed by atoms with E-state index >= 15 is 0 Å². The first-order valence-corrected chi connectivity index (χ1v) is 6.28. The Hall–Kier alpha value is -1.60. The van der Waals surface area contributed by atoms with Gasteiger partial charge in [-0.15, -0.1) is 0 Å². The maximum atomic E-state index is 12.8. The molecule has 0 amide bonds. The van der Waals surface area contributed by atoms with E-state index in [1.807, 2.05) is 10.8 Å². The molecule has 86 valence electrons. The van der Waals surface area contributed by atoms with Crippen molar-refractivity contribution in [2.75, 3.05) is 5.33 Å². The lowest BCUT2D eigenvalue weighted by Gasteiger charge is -1.99. The van der Waals surface area contributed by atoms with Crippen LogP contribution in [-0.4, -0.2) is 9.90 Å². The van der Waals surface area contributed by atoms with Crippen molar-refractivity contribution < 1.29 is 4.39 Å². The number of alkyl halides is 1. The second-order valence-electron chi connectivity index (χ2n) is 3.63. The first-order valence-electron chi connectivity index (χ1n) is 5.16. The summed E-state index contributed by atoms with van der Waals surface area (Å²) in [5, 5.41) is 9.90. The minimum absolute atomic E-state index is 0.271. The van der Waals surface area contributed by atoms with Crippen LogP contribution < -0.4 is 0 Å². The van der Waals surface area contributed by atoms with Gasteiger partial charge in [0.15, 0.2) is 0 Å². The second kappa shape index (κ2) is 5.15. The molecule has 0 bridgehead atoms. The van der Waals surface area contributed by atoms with Gasteiger partial charge in [-0.2, -0.15) is 5.26 Å². The summed E-state index contributed by atoms with van der Waals surface area (Å²) in [6.07, 6.45) is 3.72. The van der Waals surface area contributed by atoms with Gasteiger partial charge >= 0.3 is 0 Å². The lowest BCUT2D eigenvalue weighted by Crippen LogP contribution is -1.93. The molecule has 0 fully saturated rings. The number of benzene rings is 1. The highest BCUT2D eigenvalue weighted by Crippen LogP contribution is 2.24. The highest BCUT2D eigenvalue weighted by molar-refractivity contribution is 9.09. The Bertz CT molecular complexity index is 552. The molecule has 17 heavy (non-hydrogen) atoms. The highest BCUT2D eigenvalue weighted by Gasteiger charge is 2.08. The number of halogens is 2. The molecule has 1 aromatic heterocycles. The van der Waals surface area contributed by atoms with Gasteiger partial charge in [0.2, 0.25) is 0 Å². The molecule has 2 aromatic rings. The predicted molar refractivity (Wildman–Crippen MR) is 68.3 cm³/mol. The molecule has 0 radical (unpaired) electrons. The van der Waals surface area contributed by atoms with E-state index in [9.17, 15) is 4.39 Å². The zero-order valence-electron chi connectivity index (χ0n) is 9.03. The van der Waals surface area contributed by atoms with E-state index in [1.165, 1.54) is 12.1 Å². The average molecular weight is 293 g/mol. The Labute approximate surface area is 107 Å². The van der Waals surface area contributed by atoms with Gasteiger partial charge < -0.3 is 4.57 Å². The van der Waals surface area contributed by atoms with Crippen LogP contribution >= 0.6 is 15.9 Å². The standard InChI is InChI=1S/C13H10BrFN2/c14-5-6-17-8-11(7-16)13(9-17)10-1-3-12(15)4-2-10/h1-4,8-9H,5-6H2. The maximum Gasteiger partial charge on any atom is 0.123 e. The largest absolute Gasteiger partial charge is 0.351 e. The summed E-state index contributed by atoms with van der Waals surface area (Å²) in [4.78, 5) is 0. The van der Waals surface area contributed by atoms with E-state index in [1.54, 1.807) is 18.3 Å². The minimum atomic E-state index is -0.271. The molecule has 1 aromatic carbocycles. The van der Waals surface area contributed by atoms with Gasteiger partial charge in [-0.25, -0.2) is 4.39 Å². The number of hydrogen-bond donors (Lipinski definition) is 0.